The van der Waals surface area contributed by atoms with Crippen molar-refractivity contribution in [3.05, 3.63) is 83.7 Å². The number of nitrogens with one attached hydrogen (secondary N) is 1. The standard InChI is InChI=1S/C26H32N4O3S2/c1-2-27-25(34)29(19-24-14-9-15-33-24)18-23-16-28-26(30(23)17-21-10-5-3-6-11-21)35(31,32)20-22-12-7-4-8-13-22/h3-8,10-13,16,24H,2,9,14-15,17-20H2,1H3,(H,27,34). The van der Waals surface area contributed by atoms with Gasteiger partial charge in [-0.25, -0.2) is 13.4 Å². The van der Waals surface area contributed by atoms with Crippen LogP contribution < -0.4 is 5.32 Å². The van der Waals surface area contributed by atoms with Crippen LogP contribution in [0.2, 0.25) is 0 Å². The first-order valence-corrected chi connectivity index (χ1v) is 14.0. The number of nitrogens with zero attached hydrogens (tertiary/aromatic N) is 3. The fourth-order valence-electron chi connectivity index (χ4n) is 4.27. The maximum absolute atomic E-state index is 13.5. The number of hydrogen-bond donors (Lipinski definition) is 1. The summed E-state index contributed by atoms with van der Waals surface area (Å²) in [7, 11) is -3.67. The Hall–Kier alpha value is -2.75. The first kappa shape index (κ1) is 25.3. The molecule has 1 saturated heterocycles. The van der Waals surface area contributed by atoms with E-state index in [0.717, 1.165) is 36.3 Å². The third-order valence-corrected chi connectivity index (χ3v) is 7.98. The van der Waals surface area contributed by atoms with Gasteiger partial charge in [0.25, 0.3) is 0 Å². The summed E-state index contributed by atoms with van der Waals surface area (Å²) in [6.07, 6.45) is 3.81. The van der Waals surface area contributed by atoms with Gasteiger partial charge in [-0.05, 0) is 43.1 Å². The molecule has 9 heteroatoms. The number of aromatic nitrogens is 2. The minimum absolute atomic E-state index is 0.0756. The predicted molar refractivity (Wildman–Crippen MR) is 141 cm³/mol. The molecule has 1 unspecified atom stereocenters. The quantitative estimate of drug-likeness (QED) is 0.414. The summed E-state index contributed by atoms with van der Waals surface area (Å²) in [5.74, 6) is -0.103. The molecule has 0 bridgehead atoms. The highest BCUT2D eigenvalue weighted by Gasteiger charge is 2.27. The van der Waals surface area contributed by atoms with Gasteiger partial charge < -0.3 is 19.5 Å². The maximum Gasteiger partial charge on any atom is 0.228 e. The van der Waals surface area contributed by atoms with Crippen molar-refractivity contribution in [3.8, 4) is 0 Å². The molecule has 1 aliphatic rings. The van der Waals surface area contributed by atoms with E-state index in [9.17, 15) is 8.42 Å². The summed E-state index contributed by atoms with van der Waals surface area (Å²) in [6.45, 7) is 4.97. The highest BCUT2D eigenvalue weighted by molar-refractivity contribution is 7.90. The maximum atomic E-state index is 13.5. The van der Waals surface area contributed by atoms with Crippen LogP contribution in [-0.2, 0) is 33.4 Å². The monoisotopic (exact) mass is 512 g/mol. The summed E-state index contributed by atoms with van der Waals surface area (Å²) in [4.78, 5) is 6.48. The summed E-state index contributed by atoms with van der Waals surface area (Å²) in [5, 5.41) is 3.94. The van der Waals surface area contributed by atoms with Crippen molar-refractivity contribution in [1.82, 2.24) is 19.8 Å². The second kappa shape index (κ2) is 11.8. The van der Waals surface area contributed by atoms with Crippen LogP contribution in [0.1, 0.15) is 36.6 Å². The number of hydrogen-bond acceptors (Lipinski definition) is 5. The van der Waals surface area contributed by atoms with Crippen LogP contribution in [0.25, 0.3) is 0 Å². The summed E-state index contributed by atoms with van der Waals surface area (Å²) in [5.41, 5.74) is 2.53. The lowest BCUT2D eigenvalue weighted by Crippen LogP contribution is -2.43. The molecule has 1 atom stereocenters. The smallest absolute Gasteiger partial charge is 0.228 e. The van der Waals surface area contributed by atoms with Gasteiger partial charge >= 0.3 is 0 Å². The molecule has 1 N–H and O–H groups in total. The molecule has 1 aromatic heterocycles. The molecule has 4 rings (SSSR count). The zero-order valence-corrected chi connectivity index (χ0v) is 21.6. The summed E-state index contributed by atoms with van der Waals surface area (Å²) in [6, 6.07) is 19.0. The van der Waals surface area contributed by atoms with Crippen LogP contribution in [0.4, 0.5) is 0 Å². The molecular formula is C26H32N4O3S2. The Labute approximate surface area is 213 Å². The molecule has 0 radical (unpaired) electrons. The molecule has 186 valence electrons. The van der Waals surface area contributed by atoms with E-state index in [0.29, 0.717) is 31.3 Å². The first-order valence-electron chi connectivity index (χ1n) is 12.0. The molecule has 1 fully saturated rings. The second-order valence-electron chi connectivity index (χ2n) is 8.70. The van der Waals surface area contributed by atoms with Crippen LogP contribution in [0.15, 0.2) is 72.0 Å². The third kappa shape index (κ3) is 6.68. The van der Waals surface area contributed by atoms with Gasteiger partial charge in [-0.3, -0.25) is 0 Å². The molecule has 0 aliphatic carbocycles. The van der Waals surface area contributed by atoms with Crippen LogP contribution >= 0.6 is 12.2 Å². The zero-order chi connectivity index (χ0) is 24.7. The Morgan fingerprint density at radius 2 is 1.83 bits per heavy atom. The van der Waals surface area contributed by atoms with Gasteiger partial charge in [0.1, 0.15) is 0 Å². The van der Waals surface area contributed by atoms with Crippen molar-refractivity contribution >= 4 is 27.2 Å². The van der Waals surface area contributed by atoms with E-state index in [1.54, 1.807) is 6.20 Å². The van der Waals surface area contributed by atoms with Gasteiger partial charge in [0.2, 0.25) is 15.0 Å². The van der Waals surface area contributed by atoms with Gasteiger partial charge in [-0.2, -0.15) is 0 Å². The Morgan fingerprint density at radius 3 is 2.46 bits per heavy atom. The van der Waals surface area contributed by atoms with Crippen molar-refractivity contribution in [2.24, 2.45) is 0 Å². The van der Waals surface area contributed by atoms with Crippen LogP contribution in [0.5, 0.6) is 0 Å². The average Bonchev–Trinajstić information content (AvgIpc) is 3.50. The second-order valence-corrected chi connectivity index (χ2v) is 11.0. The molecule has 2 heterocycles. The van der Waals surface area contributed by atoms with Gasteiger partial charge in [-0.1, -0.05) is 60.7 Å². The third-order valence-electron chi connectivity index (χ3n) is 5.98. The van der Waals surface area contributed by atoms with Crippen molar-refractivity contribution in [3.63, 3.8) is 0 Å². The highest BCUT2D eigenvalue weighted by atomic mass is 32.2. The van der Waals surface area contributed by atoms with Gasteiger partial charge in [0, 0.05) is 19.7 Å². The lowest BCUT2D eigenvalue weighted by molar-refractivity contribution is 0.0893. The molecule has 35 heavy (non-hydrogen) atoms. The van der Waals surface area contributed by atoms with Crippen molar-refractivity contribution in [2.75, 3.05) is 19.7 Å². The predicted octanol–water partition coefficient (Wildman–Crippen LogP) is 3.78. The van der Waals surface area contributed by atoms with E-state index in [1.165, 1.54) is 0 Å². The van der Waals surface area contributed by atoms with Crippen LogP contribution in [0.3, 0.4) is 0 Å². The number of imidazole rings is 1. The zero-order valence-electron chi connectivity index (χ0n) is 20.0. The summed E-state index contributed by atoms with van der Waals surface area (Å²) < 4.78 is 34.6. The number of rotatable bonds is 10. The Morgan fingerprint density at radius 1 is 1.14 bits per heavy atom. The molecule has 0 saturated carbocycles. The highest BCUT2D eigenvalue weighted by Crippen LogP contribution is 2.22. The molecule has 0 amide bonds. The van der Waals surface area contributed by atoms with Gasteiger partial charge in [0.05, 0.1) is 36.8 Å². The van der Waals surface area contributed by atoms with E-state index >= 15 is 0 Å². The number of ether oxygens (including phenoxy) is 1. The van der Waals surface area contributed by atoms with Gasteiger partial charge in [0.15, 0.2) is 5.11 Å². The lowest BCUT2D eigenvalue weighted by Gasteiger charge is -2.28. The average molecular weight is 513 g/mol. The topological polar surface area (TPSA) is 76.5 Å². The van der Waals surface area contributed by atoms with E-state index in [1.807, 2.05) is 72.2 Å². The largest absolute Gasteiger partial charge is 0.376 e. The Balaban J connectivity index is 1.67. The molecular weight excluding hydrogens is 480 g/mol. The molecule has 2 aromatic carbocycles. The number of sulfone groups is 1. The van der Waals surface area contributed by atoms with Crippen molar-refractivity contribution < 1.29 is 13.2 Å². The normalized spacial score (nSPS) is 15.7. The van der Waals surface area contributed by atoms with Crippen molar-refractivity contribution in [2.45, 2.75) is 49.9 Å². The Kier molecular flexibility index (Phi) is 8.54. The van der Waals surface area contributed by atoms with Crippen molar-refractivity contribution in [1.29, 1.82) is 0 Å². The van der Waals surface area contributed by atoms with E-state index in [-0.39, 0.29) is 17.0 Å². The molecule has 1 aliphatic heterocycles. The SMILES string of the molecule is CCNC(=S)N(Cc1cnc(S(=O)(=O)Cc2ccccc2)n1Cc1ccccc1)CC1CCCO1. The van der Waals surface area contributed by atoms with Crippen LogP contribution in [-0.4, -0.2) is 53.8 Å². The van der Waals surface area contributed by atoms with E-state index in [2.05, 4.69) is 15.2 Å². The minimum Gasteiger partial charge on any atom is -0.376 e. The molecule has 7 nitrogen and oxygen atoms in total. The van der Waals surface area contributed by atoms with E-state index in [4.69, 9.17) is 17.0 Å². The number of thiocarbonyl (C=S) groups is 1. The minimum atomic E-state index is -3.67. The first-order chi connectivity index (χ1) is 17.0. The fourth-order valence-corrected chi connectivity index (χ4v) is 6.05. The number of benzene rings is 2. The molecule has 0 spiro atoms. The Bertz CT molecular complexity index is 1210. The van der Waals surface area contributed by atoms with Crippen LogP contribution in [0, 0.1) is 0 Å². The van der Waals surface area contributed by atoms with E-state index < -0.39 is 9.84 Å². The summed E-state index contributed by atoms with van der Waals surface area (Å²) >= 11 is 5.66. The molecule has 3 aromatic rings. The fraction of sp³-hybridized carbons (Fsp3) is 0.385. The van der Waals surface area contributed by atoms with Gasteiger partial charge in [-0.15, -0.1) is 0 Å². The lowest BCUT2D eigenvalue weighted by atomic mass is 10.2.